The second-order valence-corrected chi connectivity index (χ2v) is 7.04. The Balaban J connectivity index is 1.45. The summed E-state index contributed by atoms with van der Waals surface area (Å²) in [6.45, 7) is 1.21. The van der Waals surface area contributed by atoms with E-state index in [0.29, 0.717) is 19.5 Å². The first-order chi connectivity index (χ1) is 14.6. The van der Waals surface area contributed by atoms with Crippen LogP contribution in [0.1, 0.15) is 18.4 Å². The number of aryl methyl sites for hydroxylation is 2. The molecule has 2 heterocycles. The third-order valence-electron chi connectivity index (χ3n) is 4.96. The minimum absolute atomic E-state index is 0.0793. The van der Waals surface area contributed by atoms with Crippen LogP contribution >= 0.6 is 0 Å². The molecule has 8 heteroatoms. The average molecular weight is 409 g/mol. The zero-order chi connectivity index (χ0) is 20.9. The lowest BCUT2D eigenvalue weighted by atomic mass is 10.0. The summed E-state index contributed by atoms with van der Waals surface area (Å²) in [6.07, 6.45) is 4.83. The molecule has 2 aromatic heterocycles. The van der Waals surface area contributed by atoms with Crippen molar-refractivity contribution in [2.45, 2.75) is 25.8 Å². The summed E-state index contributed by atoms with van der Waals surface area (Å²) in [5.74, 6) is -0.747. The summed E-state index contributed by atoms with van der Waals surface area (Å²) in [5.41, 5.74) is 3.18. The van der Waals surface area contributed by atoms with E-state index in [4.69, 9.17) is 0 Å². The van der Waals surface area contributed by atoms with Gasteiger partial charge in [-0.15, -0.1) is 5.10 Å². The highest BCUT2D eigenvalue weighted by Gasteiger charge is 2.15. The van der Waals surface area contributed by atoms with Crippen molar-refractivity contribution in [3.63, 3.8) is 0 Å². The van der Waals surface area contributed by atoms with Gasteiger partial charge in [-0.25, -0.2) is 8.78 Å². The Morgan fingerprint density at radius 1 is 1.10 bits per heavy atom. The molecule has 4 rings (SSSR count). The monoisotopic (exact) mass is 409 g/mol. The molecule has 0 fully saturated rings. The number of H-pyrrole nitrogens is 1. The SMILES string of the molecule is O=C(CCc1c(-c2ccc(F)cc2)[nH]c2ccc(F)cc12)NCCCn1ccnn1. The summed E-state index contributed by atoms with van der Waals surface area (Å²) in [7, 11) is 0. The van der Waals surface area contributed by atoms with Gasteiger partial charge in [-0.05, 0) is 66.4 Å². The van der Waals surface area contributed by atoms with E-state index in [1.165, 1.54) is 24.3 Å². The maximum atomic E-state index is 13.8. The van der Waals surface area contributed by atoms with Crippen LogP contribution in [0.4, 0.5) is 8.78 Å². The van der Waals surface area contributed by atoms with E-state index in [-0.39, 0.29) is 24.0 Å². The highest BCUT2D eigenvalue weighted by atomic mass is 19.1. The van der Waals surface area contributed by atoms with Gasteiger partial charge in [-0.2, -0.15) is 0 Å². The third kappa shape index (κ3) is 4.53. The number of nitrogens with zero attached hydrogens (tertiary/aromatic N) is 3. The quantitative estimate of drug-likeness (QED) is 0.434. The van der Waals surface area contributed by atoms with Crippen molar-refractivity contribution in [2.24, 2.45) is 0 Å². The second kappa shape index (κ2) is 8.86. The molecule has 1 amide bonds. The van der Waals surface area contributed by atoms with E-state index in [2.05, 4.69) is 20.6 Å². The number of fused-ring (bicyclic) bond motifs is 1. The smallest absolute Gasteiger partial charge is 0.220 e. The molecule has 154 valence electrons. The van der Waals surface area contributed by atoms with Gasteiger partial charge in [0.2, 0.25) is 5.91 Å². The van der Waals surface area contributed by atoms with Gasteiger partial charge in [0.15, 0.2) is 0 Å². The molecular formula is C22H21F2N5O. The van der Waals surface area contributed by atoms with Crippen molar-refractivity contribution in [2.75, 3.05) is 6.54 Å². The van der Waals surface area contributed by atoms with Crippen LogP contribution in [-0.2, 0) is 17.8 Å². The molecule has 0 radical (unpaired) electrons. The summed E-state index contributed by atoms with van der Waals surface area (Å²) < 4.78 is 28.9. The van der Waals surface area contributed by atoms with Crippen LogP contribution in [0, 0.1) is 11.6 Å². The highest BCUT2D eigenvalue weighted by molar-refractivity contribution is 5.91. The van der Waals surface area contributed by atoms with Gasteiger partial charge in [-0.3, -0.25) is 9.48 Å². The normalized spacial score (nSPS) is 11.1. The van der Waals surface area contributed by atoms with Crippen molar-refractivity contribution < 1.29 is 13.6 Å². The van der Waals surface area contributed by atoms with Gasteiger partial charge in [0.25, 0.3) is 0 Å². The topological polar surface area (TPSA) is 75.6 Å². The Bertz CT molecular complexity index is 1140. The van der Waals surface area contributed by atoms with Crippen LogP contribution in [0.2, 0.25) is 0 Å². The van der Waals surface area contributed by atoms with Crippen molar-refractivity contribution in [1.29, 1.82) is 0 Å². The molecular weight excluding hydrogens is 388 g/mol. The predicted octanol–water partition coefficient (Wildman–Crippen LogP) is 3.84. The van der Waals surface area contributed by atoms with E-state index in [1.807, 2.05) is 0 Å². The van der Waals surface area contributed by atoms with Gasteiger partial charge in [-0.1, -0.05) is 5.21 Å². The third-order valence-corrected chi connectivity index (χ3v) is 4.96. The van der Waals surface area contributed by atoms with Crippen molar-refractivity contribution in [3.8, 4) is 11.3 Å². The van der Waals surface area contributed by atoms with E-state index in [1.54, 1.807) is 35.3 Å². The fraction of sp³-hybridized carbons (Fsp3) is 0.227. The molecule has 0 saturated carbocycles. The molecule has 0 aliphatic rings. The maximum absolute atomic E-state index is 13.8. The van der Waals surface area contributed by atoms with Gasteiger partial charge >= 0.3 is 0 Å². The van der Waals surface area contributed by atoms with E-state index in [0.717, 1.165) is 34.1 Å². The molecule has 6 nitrogen and oxygen atoms in total. The van der Waals surface area contributed by atoms with Crippen LogP contribution in [0.25, 0.3) is 22.2 Å². The number of hydrogen-bond acceptors (Lipinski definition) is 3. The van der Waals surface area contributed by atoms with E-state index >= 15 is 0 Å². The largest absolute Gasteiger partial charge is 0.356 e. The lowest BCUT2D eigenvalue weighted by Gasteiger charge is -2.07. The Hall–Kier alpha value is -3.55. The molecule has 0 atom stereocenters. The molecule has 0 unspecified atom stereocenters. The fourth-order valence-electron chi connectivity index (χ4n) is 3.49. The molecule has 4 aromatic rings. The molecule has 0 aliphatic carbocycles. The van der Waals surface area contributed by atoms with E-state index < -0.39 is 0 Å². The predicted molar refractivity (Wildman–Crippen MR) is 110 cm³/mol. The Kier molecular flexibility index (Phi) is 5.83. The van der Waals surface area contributed by atoms with Crippen molar-refractivity contribution in [3.05, 3.63) is 72.1 Å². The summed E-state index contributed by atoms with van der Waals surface area (Å²) >= 11 is 0. The average Bonchev–Trinajstić information content (AvgIpc) is 3.38. The number of nitrogens with one attached hydrogen (secondary N) is 2. The molecule has 2 N–H and O–H groups in total. The standard InChI is InChI=1S/C22H21F2N5O/c23-16-4-2-15(3-5-16)22-18(19-14-17(24)6-8-20(19)27-22)7-9-21(30)25-10-1-12-29-13-11-26-28-29/h2-6,8,11,13-14,27H,1,7,9-10,12H2,(H,25,30). The number of amides is 1. The van der Waals surface area contributed by atoms with Crippen LogP contribution in [-0.4, -0.2) is 32.4 Å². The van der Waals surface area contributed by atoms with Crippen LogP contribution in [0.15, 0.2) is 54.9 Å². The first-order valence-corrected chi connectivity index (χ1v) is 9.77. The number of hydrogen-bond donors (Lipinski definition) is 2. The van der Waals surface area contributed by atoms with Crippen LogP contribution in [0.3, 0.4) is 0 Å². The van der Waals surface area contributed by atoms with E-state index in [9.17, 15) is 13.6 Å². The molecule has 0 spiro atoms. The molecule has 0 saturated heterocycles. The number of rotatable bonds is 8. The first-order valence-electron chi connectivity index (χ1n) is 9.77. The maximum Gasteiger partial charge on any atom is 0.220 e. The molecule has 30 heavy (non-hydrogen) atoms. The molecule has 0 aliphatic heterocycles. The Labute approximate surface area is 171 Å². The summed E-state index contributed by atoms with van der Waals surface area (Å²) in [6, 6.07) is 10.6. The lowest BCUT2D eigenvalue weighted by molar-refractivity contribution is -0.121. The summed E-state index contributed by atoms with van der Waals surface area (Å²) in [5, 5.41) is 11.2. The van der Waals surface area contributed by atoms with Crippen molar-refractivity contribution in [1.82, 2.24) is 25.3 Å². The zero-order valence-electron chi connectivity index (χ0n) is 16.2. The number of aromatic nitrogens is 4. The lowest BCUT2D eigenvalue weighted by Crippen LogP contribution is -2.25. The van der Waals surface area contributed by atoms with Gasteiger partial charge in [0, 0.05) is 42.3 Å². The Morgan fingerprint density at radius 2 is 1.90 bits per heavy atom. The number of aromatic amines is 1. The zero-order valence-corrected chi connectivity index (χ0v) is 16.2. The molecule has 0 bridgehead atoms. The fourth-order valence-corrected chi connectivity index (χ4v) is 3.49. The highest BCUT2D eigenvalue weighted by Crippen LogP contribution is 2.32. The van der Waals surface area contributed by atoms with Crippen LogP contribution < -0.4 is 5.32 Å². The Morgan fingerprint density at radius 3 is 2.67 bits per heavy atom. The second-order valence-electron chi connectivity index (χ2n) is 7.04. The number of halogens is 2. The number of carbonyl (C=O) groups is 1. The number of benzene rings is 2. The van der Waals surface area contributed by atoms with Crippen molar-refractivity contribution >= 4 is 16.8 Å². The number of carbonyl (C=O) groups excluding carboxylic acids is 1. The first kappa shape index (κ1) is 19.8. The van der Waals surface area contributed by atoms with Gasteiger partial charge < -0.3 is 10.3 Å². The minimum atomic E-state index is -0.342. The van der Waals surface area contributed by atoms with Crippen LogP contribution in [0.5, 0.6) is 0 Å². The van der Waals surface area contributed by atoms with Gasteiger partial charge in [0.05, 0.1) is 6.20 Å². The summed E-state index contributed by atoms with van der Waals surface area (Å²) in [4.78, 5) is 15.6. The minimum Gasteiger partial charge on any atom is -0.356 e. The van der Waals surface area contributed by atoms with Gasteiger partial charge in [0.1, 0.15) is 11.6 Å². The molecule has 2 aromatic carbocycles.